The number of hydrogen-bond acceptors (Lipinski definition) is 3. The van der Waals surface area contributed by atoms with Gasteiger partial charge in [0.15, 0.2) is 0 Å². The van der Waals surface area contributed by atoms with Crippen molar-refractivity contribution >= 4 is 28.8 Å². The predicted octanol–water partition coefficient (Wildman–Crippen LogP) is 4.70. The lowest BCUT2D eigenvalue weighted by Gasteiger charge is -2.29. The first-order chi connectivity index (χ1) is 11.7. The Balaban J connectivity index is 2.01. The van der Waals surface area contributed by atoms with Crippen molar-refractivity contribution in [1.29, 1.82) is 0 Å². The van der Waals surface area contributed by atoms with Crippen LogP contribution in [0.3, 0.4) is 0 Å². The molecule has 0 aliphatic carbocycles. The molecule has 2 aromatic carbocycles. The number of anilines is 1. The van der Waals surface area contributed by atoms with Crippen LogP contribution in [-0.2, 0) is 16.0 Å². The van der Waals surface area contributed by atoms with E-state index in [2.05, 4.69) is 23.1 Å². The van der Waals surface area contributed by atoms with Gasteiger partial charge < -0.3 is 9.64 Å². The third-order valence-electron chi connectivity index (χ3n) is 4.08. The van der Waals surface area contributed by atoms with E-state index in [0.717, 1.165) is 30.6 Å². The molecule has 0 fully saturated rings. The van der Waals surface area contributed by atoms with Crippen molar-refractivity contribution in [1.82, 2.24) is 0 Å². The van der Waals surface area contributed by atoms with Crippen LogP contribution in [0.15, 0.2) is 54.7 Å². The lowest BCUT2D eigenvalue weighted by molar-refractivity contribution is -0.136. The highest BCUT2D eigenvalue weighted by molar-refractivity contribution is 6.30. The van der Waals surface area contributed by atoms with Gasteiger partial charge in [-0.15, -0.1) is 0 Å². The van der Waals surface area contributed by atoms with Crippen LogP contribution >= 0.6 is 11.6 Å². The zero-order chi connectivity index (χ0) is 16.9. The quantitative estimate of drug-likeness (QED) is 0.596. The molecule has 0 spiro atoms. The maximum atomic E-state index is 12.5. The monoisotopic (exact) mass is 341 g/mol. The minimum atomic E-state index is -0.317. The Kier molecular flexibility index (Phi) is 5.21. The van der Waals surface area contributed by atoms with Crippen LogP contribution in [0.5, 0.6) is 0 Å². The average molecular weight is 342 g/mol. The van der Waals surface area contributed by atoms with Crippen molar-refractivity contribution in [3.05, 3.63) is 70.9 Å². The van der Waals surface area contributed by atoms with Gasteiger partial charge in [-0.3, -0.25) is 0 Å². The highest BCUT2D eigenvalue weighted by Crippen LogP contribution is 2.29. The number of benzene rings is 2. The van der Waals surface area contributed by atoms with Crippen molar-refractivity contribution in [3.63, 3.8) is 0 Å². The van der Waals surface area contributed by atoms with E-state index in [9.17, 15) is 4.79 Å². The van der Waals surface area contributed by atoms with E-state index in [1.807, 2.05) is 31.3 Å². The van der Waals surface area contributed by atoms with E-state index in [0.29, 0.717) is 17.2 Å². The summed E-state index contributed by atoms with van der Waals surface area (Å²) in [4.78, 5) is 14.6. The summed E-state index contributed by atoms with van der Waals surface area (Å²) >= 11 is 5.97. The molecule has 0 aromatic heterocycles. The molecule has 0 saturated carbocycles. The molecule has 1 aliphatic rings. The van der Waals surface area contributed by atoms with Gasteiger partial charge in [0, 0.05) is 23.5 Å². The summed E-state index contributed by atoms with van der Waals surface area (Å²) in [5, 5.41) is 0.644. The summed E-state index contributed by atoms with van der Waals surface area (Å²) in [7, 11) is 0. The average Bonchev–Trinajstić information content (AvgIpc) is 2.61. The normalized spacial score (nSPS) is 14.2. The van der Waals surface area contributed by atoms with E-state index in [-0.39, 0.29) is 5.97 Å². The number of hydrogen-bond donors (Lipinski definition) is 0. The van der Waals surface area contributed by atoms with Gasteiger partial charge in [-0.2, -0.15) is 0 Å². The molecule has 1 aliphatic heterocycles. The minimum Gasteiger partial charge on any atom is -0.462 e. The molecule has 0 N–H and O–H groups in total. The van der Waals surface area contributed by atoms with Gasteiger partial charge in [-0.05, 0) is 49.1 Å². The first-order valence-electron chi connectivity index (χ1n) is 8.18. The SMILES string of the molecule is CCOC(=O)/C(=C/N1CCCc2ccccc21)c1ccc(Cl)cc1. The van der Waals surface area contributed by atoms with Crippen molar-refractivity contribution in [2.75, 3.05) is 18.1 Å². The second-order valence-corrected chi connectivity index (χ2v) is 6.13. The molecule has 0 radical (unpaired) electrons. The smallest absolute Gasteiger partial charge is 0.340 e. The van der Waals surface area contributed by atoms with Gasteiger partial charge in [-0.1, -0.05) is 41.9 Å². The van der Waals surface area contributed by atoms with Crippen molar-refractivity contribution in [3.8, 4) is 0 Å². The lowest BCUT2D eigenvalue weighted by atomic mass is 10.0. The fourth-order valence-corrected chi connectivity index (χ4v) is 3.06. The molecule has 124 valence electrons. The molecule has 0 atom stereocenters. The zero-order valence-electron chi connectivity index (χ0n) is 13.7. The first kappa shape index (κ1) is 16.6. The number of para-hydroxylation sites is 1. The summed E-state index contributed by atoms with van der Waals surface area (Å²) in [5.41, 5.74) is 3.81. The van der Waals surface area contributed by atoms with Crippen LogP contribution in [0, 0.1) is 0 Å². The number of halogens is 1. The van der Waals surface area contributed by atoms with Crippen molar-refractivity contribution < 1.29 is 9.53 Å². The summed E-state index contributed by atoms with van der Waals surface area (Å²) < 4.78 is 5.25. The third kappa shape index (κ3) is 3.62. The fourth-order valence-electron chi connectivity index (χ4n) is 2.94. The Morgan fingerprint density at radius 2 is 1.96 bits per heavy atom. The highest BCUT2D eigenvalue weighted by atomic mass is 35.5. The first-order valence-corrected chi connectivity index (χ1v) is 8.56. The van der Waals surface area contributed by atoms with Crippen LogP contribution in [-0.4, -0.2) is 19.1 Å². The number of fused-ring (bicyclic) bond motifs is 1. The maximum absolute atomic E-state index is 12.5. The molecule has 0 bridgehead atoms. The Morgan fingerprint density at radius 3 is 2.71 bits per heavy atom. The largest absolute Gasteiger partial charge is 0.462 e. The van der Waals surface area contributed by atoms with E-state index in [1.54, 1.807) is 12.1 Å². The molecule has 2 aromatic rings. The molecule has 24 heavy (non-hydrogen) atoms. The van der Waals surface area contributed by atoms with Crippen molar-refractivity contribution in [2.24, 2.45) is 0 Å². The van der Waals surface area contributed by atoms with Gasteiger partial charge in [0.1, 0.15) is 0 Å². The molecular formula is C20H20ClNO2. The number of carbonyl (C=O) groups is 1. The molecule has 1 heterocycles. The van der Waals surface area contributed by atoms with Crippen LogP contribution in [0.25, 0.3) is 5.57 Å². The van der Waals surface area contributed by atoms with Crippen LogP contribution < -0.4 is 4.90 Å². The van der Waals surface area contributed by atoms with E-state index < -0.39 is 0 Å². The molecule has 3 nitrogen and oxygen atoms in total. The Labute approximate surface area is 147 Å². The molecule has 0 amide bonds. The number of esters is 1. The Morgan fingerprint density at radius 1 is 1.21 bits per heavy atom. The topological polar surface area (TPSA) is 29.5 Å². The van der Waals surface area contributed by atoms with Gasteiger partial charge in [-0.25, -0.2) is 4.79 Å². The summed E-state index contributed by atoms with van der Waals surface area (Å²) in [6.45, 7) is 3.04. The van der Waals surface area contributed by atoms with E-state index in [4.69, 9.17) is 16.3 Å². The minimum absolute atomic E-state index is 0.317. The molecule has 3 rings (SSSR count). The number of nitrogens with zero attached hydrogens (tertiary/aromatic N) is 1. The van der Waals surface area contributed by atoms with Crippen LogP contribution in [0.1, 0.15) is 24.5 Å². The third-order valence-corrected chi connectivity index (χ3v) is 4.33. The zero-order valence-corrected chi connectivity index (χ0v) is 14.4. The highest BCUT2D eigenvalue weighted by Gasteiger charge is 2.19. The summed E-state index contributed by atoms with van der Waals surface area (Å²) in [6.07, 6.45) is 4.03. The van der Waals surface area contributed by atoms with E-state index >= 15 is 0 Å². The molecule has 0 unspecified atom stereocenters. The number of rotatable bonds is 4. The second-order valence-electron chi connectivity index (χ2n) is 5.70. The van der Waals surface area contributed by atoms with Crippen molar-refractivity contribution in [2.45, 2.75) is 19.8 Å². The predicted molar refractivity (Wildman–Crippen MR) is 98.2 cm³/mol. The lowest BCUT2D eigenvalue weighted by Crippen LogP contribution is -2.25. The number of aryl methyl sites for hydroxylation is 1. The number of carbonyl (C=O) groups excluding carboxylic acids is 1. The van der Waals surface area contributed by atoms with Gasteiger partial charge in [0.25, 0.3) is 0 Å². The Bertz CT molecular complexity index is 752. The number of ether oxygens (including phenoxy) is 1. The summed E-state index contributed by atoms with van der Waals surface area (Å²) in [5.74, 6) is -0.317. The Hall–Kier alpha value is -2.26. The maximum Gasteiger partial charge on any atom is 0.340 e. The second kappa shape index (κ2) is 7.54. The van der Waals surface area contributed by atoms with Gasteiger partial charge in [0.05, 0.1) is 12.2 Å². The molecule has 4 heteroatoms. The molecular weight excluding hydrogens is 322 g/mol. The molecule has 0 saturated heterocycles. The standard InChI is InChI=1S/C20H20ClNO2/c1-2-24-20(23)18(15-9-11-17(21)12-10-15)14-22-13-5-7-16-6-3-4-8-19(16)22/h3-4,6,8-12,14H,2,5,7,13H2,1H3/b18-14+. The van der Waals surface area contributed by atoms with Crippen LogP contribution in [0.2, 0.25) is 5.02 Å². The van der Waals surface area contributed by atoms with Gasteiger partial charge >= 0.3 is 5.97 Å². The summed E-state index contributed by atoms with van der Waals surface area (Å²) in [6, 6.07) is 15.6. The van der Waals surface area contributed by atoms with Gasteiger partial charge in [0.2, 0.25) is 0 Å². The fraction of sp³-hybridized carbons (Fsp3) is 0.250. The van der Waals surface area contributed by atoms with Crippen LogP contribution in [0.4, 0.5) is 5.69 Å². The van der Waals surface area contributed by atoms with E-state index in [1.165, 1.54) is 5.56 Å².